The third-order valence-electron chi connectivity index (χ3n) is 6.36. The van der Waals surface area contributed by atoms with Crippen LogP contribution in [0.5, 0.6) is 0 Å². The van der Waals surface area contributed by atoms with Crippen LogP contribution in [0.15, 0.2) is 12.2 Å². The fourth-order valence-electron chi connectivity index (χ4n) is 4.65. The van der Waals surface area contributed by atoms with E-state index in [9.17, 15) is 14.3 Å². The van der Waals surface area contributed by atoms with Gasteiger partial charge in [0.1, 0.15) is 0 Å². The van der Waals surface area contributed by atoms with E-state index in [-0.39, 0.29) is 23.9 Å². The summed E-state index contributed by atoms with van der Waals surface area (Å²) in [6, 6.07) is 0. The first-order valence-corrected chi connectivity index (χ1v) is 10.7. The van der Waals surface area contributed by atoms with Gasteiger partial charge in [0.15, 0.2) is 12.0 Å². The minimum atomic E-state index is -1.16. The number of alkyl halides is 1. The lowest BCUT2D eigenvalue weighted by Gasteiger charge is -2.44. The molecule has 2 aliphatic rings. The second-order valence-corrected chi connectivity index (χ2v) is 8.13. The molecule has 1 saturated heterocycles. The number of allylic oxidation sites excluding steroid dienone is 2. The predicted octanol–water partition coefficient (Wildman–Crippen LogP) is 4.32. The lowest BCUT2D eigenvalue weighted by Crippen LogP contribution is -2.51. The maximum Gasteiger partial charge on any atom is 0.305 e. The first-order chi connectivity index (χ1) is 13.5. The number of rotatable bonds is 11. The van der Waals surface area contributed by atoms with Gasteiger partial charge in [0.25, 0.3) is 0 Å². The molecule has 1 N–H and O–H groups in total. The predicted molar refractivity (Wildman–Crippen MR) is 105 cm³/mol. The van der Waals surface area contributed by atoms with Gasteiger partial charge < -0.3 is 19.3 Å². The fraction of sp³-hybridized carbons (Fsp3) is 0.864. The van der Waals surface area contributed by atoms with Gasteiger partial charge in [-0.15, -0.1) is 0 Å². The number of esters is 1. The molecule has 0 spiro atoms. The summed E-state index contributed by atoms with van der Waals surface area (Å²) < 4.78 is 31.2. The molecule has 2 rings (SSSR count). The molecule has 2 unspecified atom stereocenters. The first kappa shape index (κ1) is 23.3. The van der Waals surface area contributed by atoms with Crippen LogP contribution in [0.25, 0.3) is 0 Å². The average Bonchev–Trinajstić information content (AvgIpc) is 3.02. The Kier molecular flexibility index (Phi) is 9.38. The largest absolute Gasteiger partial charge is 0.469 e. The van der Waals surface area contributed by atoms with Gasteiger partial charge in [-0.25, -0.2) is 4.39 Å². The molecule has 5 nitrogen and oxygen atoms in total. The Morgan fingerprint density at radius 2 is 2.14 bits per heavy atom. The smallest absolute Gasteiger partial charge is 0.305 e. The quantitative estimate of drug-likeness (QED) is 0.318. The van der Waals surface area contributed by atoms with Crippen LogP contribution in [0, 0.1) is 11.8 Å². The summed E-state index contributed by atoms with van der Waals surface area (Å²) in [4.78, 5) is 11.1. The van der Waals surface area contributed by atoms with E-state index >= 15 is 0 Å². The number of carbonyl (C=O) groups excluding carboxylic acids is 1. The molecule has 0 radical (unpaired) electrons. The van der Waals surface area contributed by atoms with Gasteiger partial charge >= 0.3 is 5.97 Å². The van der Waals surface area contributed by atoms with E-state index < -0.39 is 18.1 Å². The molecule has 0 aromatic heterocycles. The van der Waals surface area contributed by atoms with E-state index in [1.807, 2.05) is 6.92 Å². The molecule has 0 aromatic rings. The minimum Gasteiger partial charge on any atom is -0.469 e. The van der Waals surface area contributed by atoms with Crippen molar-refractivity contribution in [3.63, 3.8) is 0 Å². The van der Waals surface area contributed by atoms with Gasteiger partial charge in [0.2, 0.25) is 0 Å². The third kappa shape index (κ3) is 5.77. The zero-order chi connectivity index (χ0) is 20.6. The highest BCUT2D eigenvalue weighted by atomic mass is 19.1. The van der Waals surface area contributed by atoms with Crippen LogP contribution in [-0.2, 0) is 19.0 Å². The number of aliphatic hydroxyl groups is 1. The Balaban J connectivity index is 1.86. The van der Waals surface area contributed by atoms with Crippen LogP contribution < -0.4 is 0 Å². The Labute approximate surface area is 168 Å². The van der Waals surface area contributed by atoms with Gasteiger partial charge in [-0.3, -0.25) is 4.79 Å². The molecule has 1 aliphatic heterocycles. The number of ether oxygens (including phenoxy) is 3. The lowest BCUT2D eigenvalue weighted by atomic mass is 9.82. The first-order valence-electron chi connectivity index (χ1n) is 10.7. The van der Waals surface area contributed by atoms with Crippen molar-refractivity contribution in [1.29, 1.82) is 0 Å². The summed E-state index contributed by atoms with van der Waals surface area (Å²) in [6.07, 6.45) is 9.29. The number of halogens is 1. The van der Waals surface area contributed by atoms with Crippen molar-refractivity contribution in [2.45, 2.75) is 95.3 Å². The molecule has 6 atom stereocenters. The maximum atomic E-state index is 14.8. The Morgan fingerprint density at radius 3 is 2.82 bits per heavy atom. The number of carbonyl (C=O) groups is 1. The highest BCUT2D eigenvalue weighted by Gasteiger charge is 2.53. The molecule has 28 heavy (non-hydrogen) atoms. The van der Waals surface area contributed by atoms with Gasteiger partial charge in [0, 0.05) is 26.4 Å². The Bertz CT molecular complexity index is 511. The Morgan fingerprint density at radius 1 is 1.36 bits per heavy atom. The molecule has 0 aromatic carbocycles. The van der Waals surface area contributed by atoms with Gasteiger partial charge in [-0.1, -0.05) is 31.9 Å². The zero-order valence-corrected chi connectivity index (χ0v) is 17.6. The van der Waals surface area contributed by atoms with Crippen LogP contribution >= 0.6 is 0 Å². The van der Waals surface area contributed by atoms with Gasteiger partial charge in [-0.05, 0) is 43.9 Å². The highest BCUT2D eigenvalue weighted by Crippen LogP contribution is 2.48. The summed E-state index contributed by atoms with van der Waals surface area (Å²) in [7, 11) is 2.92. The van der Waals surface area contributed by atoms with E-state index in [1.165, 1.54) is 14.2 Å². The number of methoxy groups -OCH3 is 2. The van der Waals surface area contributed by atoms with E-state index in [0.29, 0.717) is 25.7 Å². The molecule has 162 valence electrons. The van der Waals surface area contributed by atoms with Crippen molar-refractivity contribution in [3.8, 4) is 0 Å². The number of aliphatic hydroxyl groups excluding tert-OH is 1. The van der Waals surface area contributed by atoms with E-state index in [0.717, 1.165) is 38.5 Å². The average molecular weight is 401 g/mol. The van der Waals surface area contributed by atoms with Crippen LogP contribution in [0.4, 0.5) is 4.39 Å². The number of hydrogen-bond acceptors (Lipinski definition) is 5. The van der Waals surface area contributed by atoms with Gasteiger partial charge in [0.05, 0.1) is 19.3 Å². The second kappa shape index (κ2) is 11.3. The number of fused-ring (bicyclic) bond motifs is 1. The van der Waals surface area contributed by atoms with Crippen molar-refractivity contribution in [2.24, 2.45) is 11.8 Å². The minimum absolute atomic E-state index is 0.130. The lowest BCUT2D eigenvalue weighted by molar-refractivity contribution is -0.306. The van der Waals surface area contributed by atoms with E-state index in [2.05, 4.69) is 16.9 Å². The van der Waals surface area contributed by atoms with Crippen molar-refractivity contribution in [2.75, 3.05) is 14.2 Å². The van der Waals surface area contributed by atoms with E-state index in [4.69, 9.17) is 9.47 Å². The number of hydrogen-bond donors (Lipinski definition) is 1. The summed E-state index contributed by atoms with van der Waals surface area (Å²) in [5, 5.41) is 10.5. The van der Waals surface area contributed by atoms with Crippen molar-refractivity contribution in [1.82, 2.24) is 0 Å². The van der Waals surface area contributed by atoms with Crippen LogP contribution in [0.1, 0.15) is 71.1 Å². The van der Waals surface area contributed by atoms with Gasteiger partial charge in [-0.2, -0.15) is 0 Å². The summed E-state index contributed by atoms with van der Waals surface area (Å²) in [5.41, 5.74) is 0. The third-order valence-corrected chi connectivity index (χ3v) is 6.36. The normalized spacial score (nSPS) is 33.8. The number of unbranched alkanes of at least 4 members (excludes halogenated alkanes) is 2. The maximum absolute atomic E-state index is 14.8. The molecule has 6 heteroatoms. The van der Waals surface area contributed by atoms with Crippen LogP contribution in [-0.4, -0.2) is 49.5 Å². The van der Waals surface area contributed by atoms with Crippen LogP contribution in [0.3, 0.4) is 0 Å². The second-order valence-electron chi connectivity index (χ2n) is 8.13. The highest BCUT2D eigenvalue weighted by molar-refractivity contribution is 5.69. The van der Waals surface area contributed by atoms with Crippen LogP contribution in [0.2, 0.25) is 0 Å². The summed E-state index contributed by atoms with van der Waals surface area (Å²) in [6.45, 7) is 2.05. The molecule has 0 bridgehead atoms. The molecule has 2 fully saturated rings. The SMILES string of the molecule is CCCCC(F)C1(OC)CC[C@@H]2[C@@H](C/C=C\CCCC(=O)OC)[C@@H](O)C[C@H]2O1. The molecule has 1 heterocycles. The van der Waals surface area contributed by atoms with E-state index in [1.54, 1.807) is 0 Å². The molecule has 0 amide bonds. The molecule has 1 saturated carbocycles. The molecule has 1 aliphatic carbocycles. The summed E-state index contributed by atoms with van der Waals surface area (Å²) >= 11 is 0. The topological polar surface area (TPSA) is 65.0 Å². The molecular weight excluding hydrogens is 363 g/mol. The monoisotopic (exact) mass is 400 g/mol. The fourth-order valence-corrected chi connectivity index (χ4v) is 4.65. The summed E-state index contributed by atoms with van der Waals surface area (Å²) in [5.74, 6) is -0.982. The molecular formula is C22H37FO5. The zero-order valence-electron chi connectivity index (χ0n) is 17.6. The standard InChI is InChI=1S/C22H37FO5/c1-4-5-11-20(23)22(27-3)14-13-17-16(18(24)15-19(17)28-22)10-8-6-7-9-12-21(25)26-2/h6,8,16-20,24H,4-5,7,9-15H2,1-3H3/b8-6-/t16-,17-,18+,19-,20?,22?/m1/s1. The van der Waals surface area contributed by atoms with Crippen molar-refractivity contribution < 1.29 is 28.5 Å². The van der Waals surface area contributed by atoms with Crippen molar-refractivity contribution in [3.05, 3.63) is 12.2 Å². The Hall–Kier alpha value is -0.980. The van der Waals surface area contributed by atoms with Crippen molar-refractivity contribution >= 4 is 5.97 Å².